The Balaban J connectivity index is 2.27. The van der Waals surface area contributed by atoms with Crippen LogP contribution in [0, 0.1) is 5.92 Å². The largest absolute Gasteiger partial charge is 0.481 e. The zero-order chi connectivity index (χ0) is 8.93. The fourth-order valence-electron chi connectivity index (χ4n) is 2.02. The van der Waals surface area contributed by atoms with E-state index in [4.69, 9.17) is 14.9 Å². The van der Waals surface area contributed by atoms with E-state index >= 15 is 0 Å². The smallest absolute Gasteiger partial charge is 0.337 e. The van der Waals surface area contributed by atoms with Crippen molar-refractivity contribution in [1.29, 1.82) is 0 Å². The molecule has 0 aromatic heterocycles. The molecule has 2 bridgehead atoms. The summed E-state index contributed by atoms with van der Waals surface area (Å²) in [7, 11) is 0. The van der Waals surface area contributed by atoms with Gasteiger partial charge in [0.2, 0.25) is 0 Å². The van der Waals surface area contributed by atoms with Crippen molar-refractivity contribution < 1.29 is 24.5 Å². The number of hydrogen-bond donors (Lipinski definition) is 2. The molecule has 0 radical (unpaired) electrons. The van der Waals surface area contributed by atoms with Crippen molar-refractivity contribution >= 4 is 11.9 Å². The SMILES string of the molecule is O=C(O)[C@H]1CC2C[C@]1(C(=O)O)O2. The zero-order valence-corrected chi connectivity index (χ0v) is 6.19. The molecule has 0 aromatic carbocycles. The number of ether oxygens (including phenoxy) is 1. The first-order chi connectivity index (χ1) is 5.56. The monoisotopic (exact) mass is 172 g/mol. The van der Waals surface area contributed by atoms with Crippen LogP contribution in [0.2, 0.25) is 0 Å². The first-order valence-electron chi connectivity index (χ1n) is 3.70. The van der Waals surface area contributed by atoms with E-state index in [0.29, 0.717) is 12.8 Å². The second kappa shape index (κ2) is 1.98. The van der Waals surface area contributed by atoms with Crippen molar-refractivity contribution in [2.24, 2.45) is 5.92 Å². The summed E-state index contributed by atoms with van der Waals surface area (Å²) in [5, 5.41) is 17.4. The van der Waals surface area contributed by atoms with Gasteiger partial charge in [-0.15, -0.1) is 0 Å². The zero-order valence-electron chi connectivity index (χ0n) is 6.19. The molecule has 2 aliphatic heterocycles. The Morgan fingerprint density at radius 2 is 2.00 bits per heavy atom. The molecule has 0 amide bonds. The lowest BCUT2D eigenvalue weighted by Gasteiger charge is -2.36. The van der Waals surface area contributed by atoms with Crippen LogP contribution in [0.1, 0.15) is 12.8 Å². The van der Waals surface area contributed by atoms with Crippen molar-refractivity contribution in [3.8, 4) is 0 Å². The van der Waals surface area contributed by atoms with Crippen molar-refractivity contribution in [3.05, 3.63) is 0 Å². The Kier molecular flexibility index (Phi) is 1.24. The molecule has 2 saturated heterocycles. The minimum absolute atomic E-state index is 0.151. The molecule has 3 fully saturated rings. The van der Waals surface area contributed by atoms with Gasteiger partial charge in [-0.2, -0.15) is 0 Å². The number of aliphatic carboxylic acids is 2. The summed E-state index contributed by atoms with van der Waals surface area (Å²) in [5.74, 6) is -3.08. The predicted molar refractivity (Wildman–Crippen MR) is 35.6 cm³/mol. The highest BCUT2D eigenvalue weighted by Gasteiger charge is 2.66. The van der Waals surface area contributed by atoms with Gasteiger partial charge in [-0.1, -0.05) is 0 Å². The molecule has 2 heterocycles. The Labute approximate surface area is 67.9 Å². The third-order valence-corrected chi connectivity index (χ3v) is 2.63. The minimum atomic E-state index is -1.41. The summed E-state index contributed by atoms with van der Waals surface area (Å²) in [6.07, 6.45) is 0.531. The van der Waals surface area contributed by atoms with Crippen LogP contribution >= 0.6 is 0 Å². The van der Waals surface area contributed by atoms with Crippen LogP contribution in [-0.4, -0.2) is 33.9 Å². The van der Waals surface area contributed by atoms with Gasteiger partial charge in [0, 0.05) is 6.42 Å². The first kappa shape index (κ1) is 7.54. The summed E-state index contributed by atoms with van der Waals surface area (Å²) < 4.78 is 4.99. The fraction of sp³-hybridized carbons (Fsp3) is 0.714. The van der Waals surface area contributed by atoms with Crippen LogP contribution in [0.4, 0.5) is 0 Å². The maximum absolute atomic E-state index is 10.7. The van der Waals surface area contributed by atoms with E-state index in [9.17, 15) is 9.59 Å². The standard InChI is InChI=1S/C7H8O5/c8-5(9)4-1-3-2-7(4,12-3)6(10)11/h3-4H,1-2H2,(H,8,9)(H,10,11)/t3?,4-,7+/m1/s1. The van der Waals surface area contributed by atoms with E-state index in [2.05, 4.69) is 0 Å². The van der Waals surface area contributed by atoms with Crippen LogP contribution in [0.25, 0.3) is 0 Å². The maximum Gasteiger partial charge on any atom is 0.337 e. The quantitative estimate of drug-likeness (QED) is 0.597. The van der Waals surface area contributed by atoms with Crippen LogP contribution < -0.4 is 0 Å². The highest BCUT2D eigenvalue weighted by atomic mass is 16.6. The van der Waals surface area contributed by atoms with E-state index in [1.165, 1.54) is 0 Å². The summed E-state index contributed by atoms with van der Waals surface area (Å²) in [4.78, 5) is 21.3. The van der Waals surface area contributed by atoms with Gasteiger partial charge < -0.3 is 14.9 Å². The second-order valence-corrected chi connectivity index (χ2v) is 3.27. The van der Waals surface area contributed by atoms with Crippen LogP contribution in [0.15, 0.2) is 0 Å². The van der Waals surface area contributed by atoms with E-state index in [-0.39, 0.29) is 6.10 Å². The van der Waals surface area contributed by atoms with E-state index in [1.54, 1.807) is 0 Å². The molecule has 5 nitrogen and oxygen atoms in total. The third kappa shape index (κ3) is 0.665. The van der Waals surface area contributed by atoms with Crippen molar-refractivity contribution in [2.45, 2.75) is 24.5 Å². The fourth-order valence-corrected chi connectivity index (χ4v) is 2.02. The van der Waals surface area contributed by atoms with Gasteiger partial charge >= 0.3 is 11.9 Å². The lowest BCUT2D eigenvalue weighted by Crippen LogP contribution is -2.53. The molecule has 1 unspecified atom stereocenters. The summed E-state index contributed by atoms with van der Waals surface area (Å²) in [6, 6.07) is 0. The molecule has 0 aromatic rings. The number of carboxylic acids is 2. The van der Waals surface area contributed by atoms with Crippen molar-refractivity contribution in [2.75, 3.05) is 0 Å². The van der Waals surface area contributed by atoms with Crippen molar-refractivity contribution in [1.82, 2.24) is 0 Å². The Bertz CT molecular complexity index is 250. The molecule has 3 rings (SSSR count). The van der Waals surface area contributed by atoms with Crippen LogP contribution in [0.5, 0.6) is 0 Å². The van der Waals surface area contributed by atoms with E-state index < -0.39 is 23.5 Å². The molecule has 12 heavy (non-hydrogen) atoms. The molecule has 0 spiro atoms. The average Bonchev–Trinajstić information content (AvgIpc) is 2.35. The molecule has 1 saturated carbocycles. The third-order valence-electron chi connectivity index (χ3n) is 2.63. The number of hydrogen-bond acceptors (Lipinski definition) is 3. The molecule has 66 valence electrons. The molecule has 5 heteroatoms. The van der Waals surface area contributed by atoms with Gasteiger partial charge in [0.15, 0.2) is 5.60 Å². The molecule has 3 aliphatic rings. The molecular formula is C7H8O5. The van der Waals surface area contributed by atoms with Gasteiger partial charge in [0.05, 0.1) is 12.0 Å². The van der Waals surface area contributed by atoms with Crippen molar-refractivity contribution in [3.63, 3.8) is 0 Å². The molecule has 2 N–H and O–H groups in total. The second-order valence-electron chi connectivity index (χ2n) is 3.27. The Hall–Kier alpha value is -1.10. The minimum Gasteiger partial charge on any atom is -0.481 e. The summed E-state index contributed by atoms with van der Waals surface area (Å²) >= 11 is 0. The predicted octanol–water partition coefficient (Wildman–Crippen LogP) is -0.297. The lowest BCUT2D eigenvalue weighted by molar-refractivity contribution is -0.204. The molecule has 1 aliphatic carbocycles. The first-order valence-corrected chi connectivity index (χ1v) is 3.70. The summed E-state index contributed by atoms with van der Waals surface area (Å²) in [6.45, 7) is 0. The van der Waals surface area contributed by atoms with Gasteiger partial charge in [-0.05, 0) is 6.42 Å². The Morgan fingerprint density at radius 1 is 1.42 bits per heavy atom. The molecule has 3 atom stereocenters. The average molecular weight is 172 g/mol. The van der Waals surface area contributed by atoms with Gasteiger partial charge in [-0.25, -0.2) is 4.79 Å². The number of carbonyl (C=O) groups is 2. The highest BCUT2D eigenvalue weighted by molar-refractivity contribution is 5.88. The Morgan fingerprint density at radius 3 is 2.33 bits per heavy atom. The van der Waals surface area contributed by atoms with Gasteiger partial charge in [-0.3, -0.25) is 4.79 Å². The number of carboxylic acid groups (broad SMARTS) is 2. The normalized spacial score (nSPS) is 43.7. The highest BCUT2D eigenvalue weighted by Crippen LogP contribution is 2.51. The van der Waals surface area contributed by atoms with Crippen LogP contribution in [0.3, 0.4) is 0 Å². The maximum atomic E-state index is 10.7. The molecular weight excluding hydrogens is 164 g/mol. The van der Waals surface area contributed by atoms with E-state index in [0.717, 1.165) is 0 Å². The van der Waals surface area contributed by atoms with Gasteiger partial charge in [0.25, 0.3) is 0 Å². The lowest BCUT2D eigenvalue weighted by atomic mass is 9.89. The number of rotatable bonds is 2. The number of fused-ring (bicyclic) bond motifs is 1. The van der Waals surface area contributed by atoms with Gasteiger partial charge in [0.1, 0.15) is 0 Å². The van der Waals surface area contributed by atoms with E-state index in [1.807, 2.05) is 0 Å². The topological polar surface area (TPSA) is 83.8 Å². The van der Waals surface area contributed by atoms with Crippen LogP contribution in [-0.2, 0) is 14.3 Å². The summed E-state index contributed by atoms with van der Waals surface area (Å²) in [5.41, 5.74) is -1.41.